The first-order valence-corrected chi connectivity index (χ1v) is 6.94. The van der Waals surface area contributed by atoms with Gasteiger partial charge in [0, 0.05) is 13.0 Å². The Balaban J connectivity index is 2.41. The van der Waals surface area contributed by atoms with Crippen LogP contribution in [0.25, 0.3) is 0 Å². The van der Waals surface area contributed by atoms with Crippen LogP contribution in [0.1, 0.15) is 6.42 Å². The van der Waals surface area contributed by atoms with E-state index in [0.717, 1.165) is 12.1 Å². The molecule has 1 fully saturated rings. The number of rotatable bonds is 3. The topological polar surface area (TPSA) is 94.9 Å². The third-order valence-corrected chi connectivity index (χ3v) is 4.79. The standard InChI is InChI=1S/C11H12FNO5S/c12-7-2-1-3-9(4-7)19(17,18)13-6-8(14)5-10(13)11(15)16/h1-4,8,10,14H,5-6H2,(H,15,16)/t8-,10-/m1/s1. The van der Waals surface area contributed by atoms with Gasteiger partial charge in [-0.25, -0.2) is 12.8 Å². The molecule has 104 valence electrons. The van der Waals surface area contributed by atoms with Gasteiger partial charge in [-0.2, -0.15) is 4.31 Å². The number of carboxylic acid groups (broad SMARTS) is 1. The number of β-amino-alcohol motifs (C(OH)–C–C–N with tert-alkyl or cyclic N) is 1. The molecule has 0 saturated carbocycles. The third-order valence-electron chi connectivity index (χ3n) is 2.92. The van der Waals surface area contributed by atoms with Crippen LogP contribution in [0.5, 0.6) is 0 Å². The highest BCUT2D eigenvalue weighted by molar-refractivity contribution is 7.89. The van der Waals surface area contributed by atoms with E-state index in [9.17, 15) is 22.7 Å². The molecule has 0 aliphatic carbocycles. The molecule has 0 amide bonds. The molecule has 1 saturated heterocycles. The van der Waals surface area contributed by atoms with Crippen LogP contribution in [-0.4, -0.2) is 47.6 Å². The minimum absolute atomic E-state index is 0.177. The van der Waals surface area contributed by atoms with E-state index in [-0.39, 0.29) is 17.9 Å². The van der Waals surface area contributed by atoms with Crippen molar-refractivity contribution < 1.29 is 27.8 Å². The number of benzene rings is 1. The van der Waals surface area contributed by atoms with Crippen LogP contribution < -0.4 is 0 Å². The van der Waals surface area contributed by atoms with Gasteiger partial charge in [0.05, 0.1) is 11.0 Å². The molecule has 8 heteroatoms. The first-order valence-electron chi connectivity index (χ1n) is 5.50. The summed E-state index contributed by atoms with van der Waals surface area (Å²) in [5.74, 6) is -2.07. The van der Waals surface area contributed by atoms with Gasteiger partial charge < -0.3 is 10.2 Å². The van der Waals surface area contributed by atoms with Crippen molar-refractivity contribution in [2.75, 3.05) is 6.54 Å². The molecule has 1 aromatic carbocycles. The minimum Gasteiger partial charge on any atom is -0.480 e. The molecule has 1 aromatic rings. The number of carbonyl (C=O) groups is 1. The van der Waals surface area contributed by atoms with Crippen LogP contribution in [-0.2, 0) is 14.8 Å². The molecule has 1 aliphatic heterocycles. The number of halogens is 1. The van der Waals surface area contributed by atoms with E-state index < -0.39 is 34.0 Å². The molecule has 1 aliphatic rings. The average Bonchev–Trinajstić information content (AvgIpc) is 2.72. The summed E-state index contributed by atoms with van der Waals surface area (Å²) in [7, 11) is -4.14. The van der Waals surface area contributed by atoms with Crippen molar-refractivity contribution in [1.82, 2.24) is 4.31 Å². The average molecular weight is 289 g/mol. The maximum Gasteiger partial charge on any atom is 0.322 e. The fourth-order valence-corrected chi connectivity index (χ4v) is 3.70. The summed E-state index contributed by atoms with van der Waals surface area (Å²) in [6.07, 6.45) is -1.21. The zero-order chi connectivity index (χ0) is 14.2. The second kappa shape index (κ2) is 4.87. The van der Waals surface area contributed by atoms with E-state index in [1.54, 1.807) is 0 Å². The highest BCUT2D eigenvalue weighted by atomic mass is 32.2. The fourth-order valence-electron chi connectivity index (χ4n) is 2.04. The maximum atomic E-state index is 13.1. The van der Waals surface area contributed by atoms with Crippen molar-refractivity contribution in [2.24, 2.45) is 0 Å². The van der Waals surface area contributed by atoms with Crippen molar-refractivity contribution in [2.45, 2.75) is 23.5 Å². The van der Waals surface area contributed by atoms with Crippen LogP contribution in [0.2, 0.25) is 0 Å². The summed E-state index contributed by atoms with van der Waals surface area (Å²) in [6.45, 7) is -0.310. The molecule has 1 heterocycles. The number of carboxylic acids is 1. The highest BCUT2D eigenvalue weighted by Gasteiger charge is 2.43. The third kappa shape index (κ3) is 2.60. The quantitative estimate of drug-likeness (QED) is 0.819. The predicted octanol–water partition coefficient (Wildman–Crippen LogP) is 0.0342. The Kier molecular flexibility index (Phi) is 3.57. The molecule has 19 heavy (non-hydrogen) atoms. The van der Waals surface area contributed by atoms with E-state index >= 15 is 0 Å². The van der Waals surface area contributed by atoms with E-state index in [1.165, 1.54) is 12.1 Å². The molecule has 0 radical (unpaired) electrons. The summed E-state index contributed by atoms with van der Waals surface area (Å²) in [5.41, 5.74) is 0. The molecular formula is C11H12FNO5S. The molecule has 2 rings (SSSR count). The Morgan fingerprint density at radius 2 is 2.11 bits per heavy atom. The van der Waals surface area contributed by atoms with E-state index in [2.05, 4.69) is 0 Å². The van der Waals surface area contributed by atoms with Gasteiger partial charge in [0.2, 0.25) is 10.0 Å². The molecule has 0 spiro atoms. The number of aliphatic hydroxyl groups excluding tert-OH is 1. The number of hydrogen-bond acceptors (Lipinski definition) is 4. The zero-order valence-corrected chi connectivity index (χ0v) is 10.5. The van der Waals surface area contributed by atoms with Crippen molar-refractivity contribution >= 4 is 16.0 Å². The summed E-state index contributed by atoms with van der Waals surface area (Å²) in [6, 6.07) is 2.99. The zero-order valence-electron chi connectivity index (χ0n) is 9.73. The van der Waals surface area contributed by atoms with Gasteiger partial charge in [-0.15, -0.1) is 0 Å². The lowest BCUT2D eigenvalue weighted by Crippen LogP contribution is -2.40. The maximum absolute atomic E-state index is 13.1. The van der Waals surface area contributed by atoms with Crippen molar-refractivity contribution in [3.63, 3.8) is 0 Å². The van der Waals surface area contributed by atoms with Crippen LogP contribution in [0.3, 0.4) is 0 Å². The molecule has 6 nitrogen and oxygen atoms in total. The number of aliphatic hydroxyl groups is 1. The van der Waals surface area contributed by atoms with Crippen molar-refractivity contribution in [1.29, 1.82) is 0 Å². The second-order valence-corrected chi connectivity index (χ2v) is 6.17. The van der Waals surface area contributed by atoms with E-state index in [1.807, 2.05) is 0 Å². The van der Waals surface area contributed by atoms with Gasteiger partial charge in [-0.1, -0.05) is 6.07 Å². The van der Waals surface area contributed by atoms with Gasteiger partial charge in [0.25, 0.3) is 0 Å². The molecule has 2 atom stereocenters. The molecule has 0 bridgehead atoms. The molecule has 0 aromatic heterocycles. The number of sulfonamides is 1. The fraction of sp³-hybridized carbons (Fsp3) is 0.364. The lowest BCUT2D eigenvalue weighted by atomic mass is 10.2. The Labute approximate surface area is 109 Å². The Morgan fingerprint density at radius 3 is 2.68 bits per heavy atom. The smallest absolute Gasteiger partial charge is 0.322 e. The SMILES string of the molecule is O=C(O)[C@H]1C[C@@H](O)CN1S(=O)(=O)c1cccc(F)c1. The lowest BCUT2D eigenvalue weighted by Gasteiger charge is -2.20. The molecule has 0 unspecified atom stereocenters. The largest absolute Gasteiger partial charge is 0.480 e. The summed E-state index contributed by atoms with van der Waals surface area (Å²) < 4.78 is 38.2. The summed E-state index contributed by atoms with van der Waals surface area (Å²) in [5, 5.41) is 18.4. The van der Waals surface area contributed by atoms with Gasteiger partial charge in [-0.05, 0) is 18.2 Å². The summed E-state index contributed by atoms with van der Waals surface area (Å²) in [4.78, 5) is 10.7. The van der Waals surface area contributed by atoms with Crippen molar-refractivity contribution in [3.05, 3.63) is 30.1 Å². The van der Waals surface area contributed by atoms with Gasteiger partial charge in [0.15, 0.2) is 0 Å². The Bertz CT molecular complexity index is 603. The number of aliphatic carboxylic acids is 1. The van der Waals surface area contributed by atoms with Crippen LogP contribution in [0.4, 0.5) is 4.39 Å². The van der Waals surface area contributed by atoms with E-state index in [4.69, 9.17) is 5.11 Å². The van der Waals surface area contributed by atoms with Crippen molar-refractivity contribution in [3.8, 4) is 0 Å². The lowest BCUT2D eigenvalue weighted by molar-refractivity contribution is -0.140. The molecule has 2 N–H and O–H groups in total. The van der Waals surface area contributed by atoms with Crippen LogP contribution in [0, 0.1) is 5.82 Å². The second-order valence-electron chi connectivity index (χ2n) is 4.28. The van der Waals surface area contributed by atoms with E-state index in [0.29, 0.717) is 4.31 Å². The Hall–Kier alpha value is -1.51. The molecular weight excluding hydrogens is 277 g/mol. The predicted molar refractivity (Wildman–Crippen MR) is 62.3 cm³/mol. The number of nitrogens with zero attached hydrogens (tertiary/aromatic N) is 1. The Morgan fingerprint density at radius 1 is 1.42 bits per heavy atom. The highest BCUT2D eigenvalue weighted by Crippen LogP contribution is 2.26. The monoisotopic (exact) mass is 289 g/mol. The number of hydrogen-bond donors (Lipinski definition) is 2. The normalized spacial score (nSPS) is 24.5. The van der Waals surface area contributed by atoms with Crippen LogP contribution in [0.15, 0.2) is 29.2 Å². The van der Waals surface area contributed by atoms with Gasteiger partial charge in [-0.3, -0.25) is 4.79 Å². The summed E-state index contributed by atoms with van der Waals surface area (Å²) >= 11 is 0. The first-order chi connectivity index (χ1) is 8.82. The first kappa shape index (κ1) is 13.9. The minimum atomic E-state index is -4.14. The van der Waals surface area contributed by atoms with Gasteiger partial charge >= 0.3 is 5.97 Å². The van der Waals surface area contributed by atoms with Gasteiger partial charge in [0.1, 0.15) is 11.9 Å². The van der Waals surface area contributed by atoms with Crippen LogP contribution >= 0.6 is 0 Å².